The Morgan fingerprint density at radius 2 is 2.14 bits per heavy atom. The van der Waals surface area contributed by atoms with E-state index < -0.39 is 0 Å². The molecule has 14 heavy (non-hydrogen) atoms. The molecule has 2 aromatic rings. The molecule has 0 spiro atoms. The molecule has 0 fully saturated rings. The number of rotatable bonds is 1. The Balaban J connectivity index is 2.90. The van der Waals surface area contributed by atoms with Crippen LogP contribution in [0.2, 0.25) is 0 Å². The molecule has 0 radical (unpaired) electrons. The number of carbonyl (C=O) groups excluding carboxylic acids is 1. The van der Waals surface area contributed by atoms with Crippen LogP contribution in [-0.4, -0.2) is 5.78 Å². The van der Waals surface area contributed by atoms with E-state index in [-0.39, 0.29) is 5.78 Å². The zero-order valence-corrected chi connectivity index (χ0v) is 8.13. The summed E-state index contributed by atoms with van der Waals surface area (Å²) >= 11 is 0. The Bertz CT molecular complexity index is 511. The monoisotopic (exact) mass is 189 g/mol. The third-order valence-corrected chi connectivity index (χ3v) is 2.27. The summed E-state index contributed by atoms with van der Waals surface area (Å²) in [5, 5.41) is 0.801. The van der Waals surface area contributed by atoms with Gasteiger partial charge in [-0.15, -0.1) is 0 Å². The highest BCUT2D eigenvalue weighted by Gasteiger charge is 2.15. The number of nitrogens with two attached hydrogens (primary N) is 1. The van der Waals surface area contributed by atoms with Crippen molar-refractivity contribution in [3.8, 4) is 0 Å². The molecular formula is C11H11NO2. The fourth-order valence-corrected chi connectivity index (χ4v) is 1.70. The lowest BCUT2D eigenvalue weighted by Crippen LogP contribution is -1.92. The summed E-state index contributed by atoms with van der Waals surface area (Å²) in [4.78, 5) is 11.4. The number of nitrogen functional groups attached to an aromatic ring is 1. The van der Waals surface area contributed by atoms with Crippen molar-refractivity contribution in [2.24, 2.45) is 0 Å². The molecule has 3 heteroatoms. The van der Waals surface area contributed by atoms with Gasteiger partial charge in [0.1, 0.15) is 5.76 Å². The maximum Gasteiger partial charge on any atom is 0.163 e. The maximum atomic E-state index is 11.4. The molecule has 0 saturated heterocycles. The zero-order chi connectivity index (χ0) is 10.3. The van der Waals surface area contributed by atoms with Gasteiger partial charge in [0.15, 0.2) is 11.4 Å². The fraction of sp³-hybridized carbons (Fsp3) is 0.182. The Labute approximate surface area is 81.5 Å². The van der Waals surface area contributed by atoms with Gasteiger partial charge in [0.05, 0.1) is 11.3 Å². The molecule has 2 N–H and O–H groups in total. The summed E-state index contributed by atoms with van der Waals surface area (Å²) < 4.78 is 5.45. The van der Waals surface area contributed by atoms with Gasteiger partial charge in [0.25, 0.3) is 0 Å². The highest BCUT2D eigenvalue weighted by molar-refractivity contribution is 6.09. The molecule has 2 rings (SSSR count). The van der Waals surface area contributed by atoms with Gasteiger partial charge in [-0.2, -0.15) is 0 Å². The fourth-order valence-electron chi connectivity index (χ4n) is 1.70. The largest absolute Gasteiger partial charge is 0.458 e. The summed E-state index contributed by atoms with van der Waals surface area (Å²) in [5.74, 6) is 0.636. The average molecular weight is 189 g/mol. The molecule has 0 bridgehead atoms. The van der Waals surface area contributed by atoms with Gasteiger partial charge in [0.2, 0.25) is 0 Å². The number of carbonyl (C=O) groups is 1. The number of ketones is 1. The smallest absolute Gasteiger partial charge is 0.163 e. The van der Waals surface area contributed by atoms with Crippen LogP contribution in [0, 0.1) is 6.92 Å². The number of furan rings is 1. The molecule has 0 unspecified atom stereocenters. The first-order chi connectivity index (χ1) is 6.61. The third-order valence-electron chi connectivity index (χ3n) is 2.27. The zero-order valence-electron chi connectivity index (χ0n) is 8.13. The van der Waals surface area contributed by atoms with Crippen LogP contribution in [-0.2, 0) is 0 Å². The van der Waals surface area contributed by atoms with Crippen molar-refractivity contribution in [2.45, 2.75) is 13.8 Å². The number of para-hydroxylation sites is 1. The molecule has 0 atom stereocenters. The first kappa shape index (κ1) is 8.81. The van der Waals surface area contributed by atoms with Gasteiger partial charge in [-0.25, -0.2) is 0 Å². The van der Waals surface area contributed by atoms with Crippen LogP contribution in [0.1, 0.15) is 23.0 Å². The van der Waals surface area contributed by atoms with Crippen molar-refractivity contribution in [1.29, 1.82) is 0 Å². The molecule has 1 heterocycles. The van der Waals surface area contributed by atoms with E-state index in [9.17, 15) is 4.79 Å². The normalized spacial score (nSPS) is 10.7. The van der Waals surface area contributed by atoms with Gasteiger partial charge in [-0.1, -0.05) is 12.1 Å². The first-order valence-electron chi connectivity index (χ1n) is 4.40. The molecule has 0 saturated carbocycles. The molecule has 0 amide bonds. The van der Waals surface area contributed by atoms with Crippen molar-refractivity contribution in [3.05, 3.63) is 29.5 Å². The quantitative estimate of drug-likeness (QED) is 0.554. The minimum atomic E-state index is 0.00634. The Hall–Kier alpha value is -1.77. The van der Waals surface area contributed by atoms with Crippen LogP contribution < -0.4 is 5.73 Å². The van der Waals surface area contributed by atoms with Gasteiger partial charge in [-0.3, -0.25) is 4.79 Å². The predicted molar refractivity (Wildman–Crippen MR) is 55.4 cm³/mol. The van der Waals surface area contributed by atoms with Crippen LogP contribution >= 0.6 is 0 Å². The van der Waals surface area contributed by atoms with Crippen LogP contribution in [0.3, 0.4) is 0 Å². The minimum Gasteiger partial charge on any atom is -0.458 e. The van der Waals surface area contributed by atoms with Crippen molar-refractivity contribution in [3.63, 3.8) is 0 Å². The SMILES string of the molecule is CC(=O)c1c(C)oc2c(N)cccc12. The summed E-state index contributed by atoms with van der Waals surface area (Å²) in [6.07, 6.45) is 0. The maximum absolute atomic E-state index is 11.4. The topological polar surface area (TPSA) is 56.2 Å². The number of hydrogen-bond donors (Lipinski definition) is 1. The second kappa shape index (κ2) is 2.87. The standard InChI is InChI=1S/C11H11NO2/c1-6(13)10-7(2)14-11-8(10)4-3-5-9(11)12/h3-5H,12H2,1-2H3. The molecule has 1 aromatic carbocycles. The van der Waals surface area contributed by atoms with Gasteiger partial charge < -0.3 is 10.2 Å². The molecular weight excluding hydrogens is 178 g/mol. The van der Waals surface area contributed by atoms with Crippen LogP contribution in [0.4, 0.5) is 5.69 Å². The Kier molecular flexibility index (Phi) is 1.81. The lowest BCUT2D eigenvalue weighted by atomic mass is 10.1. The van der Waals surface area contributed by atoms with Crippen LogP contribution in [0.5, 0.6) is 0 Å². The molecule has 0 aliphatic heterocycles. The van der Waals surface area contributed by atoms with E-state index >= 15 is 0 Å². The summed E-state index contributed by atoms with van der Waals surface area (Å²) in [7, 11) is 0. The Morgan fingerprint density at radius 1 is 1.43 bits per heavy atom. The van der Waals surface area contributed by atoms with Crippen molar-refractivity contribution in [2.75, 3.05) is 5.73 Å². The molecule has 3 nitrogen and oxygen atoms in total. The van der Waals surface area contributed by atoms with Crippen molar-refractivity contribution < 1.29 is 9.21 Å². The summed E-state index contributed by atoms with van der Waals surface area (Å²) in [5.41, 5.74) is 7.54. The average Bonchev–Trinajstić information content (AvgIpc) is 2.42. The molecule has 0 aliphatic rings. The predicted octanol–water partition coefficient (Wildman–Crippen LogP) is 2.53. The minimum absolute atomic E-state index is 0.00634. The van der Waals surface area contributed by atoms with Gasteiger partial charge in [0, 0.05) is 5.39 Å². The van der Waals surface area contributed by atoms with Crippen molar-refractivity contribution in [1.82, 2.24) is 0 Å². The lowest BCUT2D eigenvalue weighted by Gasteiger charge is -1.93. The van der Waals surface area contributed by atoms with Gasteiger partial charge >= 0.3 is 0 Å². The number of fused-ring (bicyclic) bond motifs is 1. The third kappa shape index (κ3) is 1.09. The van der Waals surface area contributed by atoms with Crippen LogP contribution in [0.25, 0.3) is 11.0 Å². The second-order valence-electron chi connectivity index (χ2n) is 3.31. The van der Waals surface area contributed by atoms with E-state index in [1.54, 1.807) is 13.0 Å². The van der Waals surface area contributed by atoms with E-state index in [0.29, 0.717) is 22.6 Å². The van der Waals surface area contributed by atoms with Crippen molar-refractivity contribution >= 4 is 22.4 Å². The molecule has 72 valence electrons. The second-order valence-corrected chi connectivity index (χ2v) is 3.31. The van der Waals surface area contributed by atoms with E-state index in [1.165, 1.54) is 6.92 Å². The number of hydrogen-bond acceptors (Lipinski definition) is 3. The Morgan fingerprint density at radius 3 is 2.79 bits per heavy atom. The van der Waals surface area contributed by atoms with E-state index in [2.05, 4.69) is 0 Å². The number of anilines is 1. The highest BCUT2D eigenvalue weighted by atomic mass is 16.3. The number of benzene rings is 1. The molecule has 1 aromatic heterocycles. The van der Waals surface area contributed by atoms with E-state index in [0.717, 1.165) is 5.39 Å². The first-order valence-corrected chi connectivity index (χ1v) is 4.40. The molecule has 0 aliphatic carbocycles. The van der Waals surface area contributed by atoms with E-state index in [4.69, 9.17) is 10.2 Å². The number of aryl methyl sites for hydroxylation is 1. The van der Waals surface area contributed by atoms with E-state index in [1.807, 2.05) is 12.1 Å². The number of Topliss-reactive ketones (excluding diaryl/α,β-unsaturated/α-hetero) is 1. The van der Waals surface area contributed by atoms with Crippen LogP contribution in [0.15, 0.2) is 22.6 Å². The summed E-state index contributed by atoms with van der Waals surface area (Å²) in [6.45, 7) is 3.30. The van der Waals surface area contributed by atoms with Gasteiger partial charge in [-0.05, 0) is 19.9 Å². The summed E-state index contributed by atoms with van der Waals surface area (Å²) in [6, 6.07) is 5.42. The lowest BCUT2D eigenvalue weighted by molar-refractivity contribution is 0.101. The highest BCUT2D eigenvalue weighted by Crippen LogP contribution is 2.29.